The van der Waals surface area contributed by atoms with Crippen molar-refractivity contribution in [1.82, 2.24) is 4.72 Å². The second kappa shape index (κ2) is 8.34. The molecule has 148 valence electrons. The van der Waals surface area contributed by atoms with Gasteiger partial charge in [0.2, 0.25) is 10.0 Å². The Morgan fingerprint density at radius 2 is 1.54 bits per heavy atom. The first-order valence-corrected chi connectivity index (χ1v) is 12.6. The second-order valence-electron chi connectivity index (χ2n) is 6.17. The molecule has 1 N–H and O–H groups in total. The van der Waals surface area contributed by atoms with Crippen molar-refractivity contribution in [3.63, 3.8) is 0 Å². The lowest BCUT2D eigenvalue weighted by molar-refractivity contribution is 0.569. The zero-order valence-electron chi connectivity index (χ0n) is 14.9. The summed E-state index contributed by atoms with van der Waals surface area (Å²) < 4.78 is 54.0. The molecule has 0 unspecified atom stereocenters. The van der Waals surface area contributed by atoms with E-state index in [4.69, 9.17) is 11.6 Å². The van der Waals surface area contributed by atoms with Crippen molar-refractivity contribution in [2.45, 2.75) is 22.0 Å². The Labute approximate surface area is 174 Å². The monoisotopic (exact) mass is 455 g/mol. The van der Waals surface area contributed by atoms with E-state index in [1.165, 1.54) is 35.6 Å². The summed E-state index contributed by atoms with van der Waals surface area (Å²) in [6.45, 7) is 1.59. The van der Waals surface area contributed by atoms with Crippen LogP contribution in [0.25, 0.3) is 0 Å². The first-order valence-electron chi connectivity index (χ1n) is 8.29. The van der Waals surface area contributed by atoms with Crippen LogP contribution in [0.1, 0.15) is 15.7 Å². The summed E-state index contributed by atoms with van der Waals surface area (Å²) in [4.78, 5) is 0.746. The molecule has 28 heavy (non-hydrogen) atoms. The Balaban J connectivity index is 1.91. The van der Waals surface area contributed by atoms with Gasteiger partial charge in [0.25, 0.3) is 0 Å². The third-order valence-electron chi connectivity index (χ3n) is 4.17. The summed E-state index contributed by atoms with van der Waals surface area (Å²) in [6.07, 6.45) is 0. The molecule has 5 nitrogen and oxygen atoms in total. The van der Waals surface area contributed by atoms with Crippen LogP contribution in [-0.2, 0) is 19.9 Å². The molecule has 1 atom stereocenters. The molecule has 0 saturated carbocycles. The normalized spacial score (nSPS) is 13.4. The van der Waals surface area contributed by atoms with Crippen LogP contribution in [0.5, 0.6) is 0 Å². The molecular weight excluding hydrogens is 438 g/mol. The molecule has 0 aliphatic rings. The number of aryl methyl sites for hydroxylation is 1. The maximum absolute atomic E-state index is 13.2. The summed E-state index contributed by atoms with van der Waals surface area (Å²) in [5.41, 5.74) is 0.940. The van der Waals surface area contributed by atoms with Gasteiger partial charge in [-0.25, -0.2) is 21.6 Å². The van der Waals surface area contributed by atoms with Crippen LogP contribution in [0.4, 0.5) is 0 Å². The maximum atomic E-state index is 13.2. The molecule has 0 amide bonds. The smallest absolute Gasteiger partial charge is 0.223 e. The van der Waals surface area contributed by atoms with Crippen molar-refractivity contribution < 1.29 is 16.8 Å². The number of halogens is 1. The van der Waals surface area contributed by atoms with Crippen molar-refractivity contribution >= 4 is 42.8 Å². The van der Waals surface area contributed by atoms with E-state index in [1.807, 2.05) is 6.92 Å². The first-order chi connectivity index (χ1) is 13.2. The van der Waals surface area contributed by atoms with Gasteiger partial charge in [0, 0.05) is 16.4 Å². The Morgan fingerprint density at radius 3 is 2.11 bits per heavy atom. The van der Waals surface area contributed by atoms with Gasteiger partial charge in [0.1, 0.15) is 5.25 Å². The molecule has 3 aromatic rings. The minimum atomic E-state index is -3.88. The number of hydrogen-bond acceptors (Lipinski definition) is 5. The number of thiophene rings is 1. The van der Waals surface area contributed by atoms with Crippen molar-refractivity contribution in [3.05, 3.63) is 81.5 Å². The van der Waals surface area contributed by atoms with Crippen LogP contribution in [0.15, 0.2) is 75.8 Å². The minimum absolute atomic E-state index is 0.0227. The molecule has 0 aliphatic carbocycles. The van der Waals surface area contributed by atoms with Gasteiger partial charge in [-0.2, -0.15) is 0 Å². The lowest BCUT2D eigenvalue weighted by Crippen LogP contribution is -2.31. The molecular formula is C19H18ClNO4S3. The molecule has 1 aromatic heterocycles. The van der Waals surface area contributed by atoms with Gasteiger partial charge < -0.3 is 0 Å². The number of hydrogen-bond donors (Lipinski definition) is 1. The number of benzene rings is 2. The lowest BCUT2D eigenvalue weighted by atomic mass is 10.2. The number of rotatable bonds is 7. The summed E-state index contributed by atoms with van der Waals surface area (Å²) in [6, 6.07) is 15.6. The molecule has 0 saturated heterocycles. The fraction of sp³-hybridized carbons (Fsp3) is 0.158. The van der Waals surface area contributed by atoms with Crippen molar-refractivity contribution in [2.75, 3.05) is 6.54 Å². The highest BCUT2D eigenvalue weighted by atomic mass is 35.5. The summed E-state index contributed by atoms with van der Waals surface area (Å²) in [5.74, 6) is 0. The molecule has 0 fully saturated rings. The third kappa shape index (κ3) is 4.64. The van der Waals surface area contributed by atoms with Crippen LogP contribution in [0.3, 0.4) is 0 Å². The van der Waals surface area contributed by atoms with E-state index in [1.54, 1.807) is 41.8 Å². The van der Waals surface area contributed by atoms with Gasteiger partial charge >= 0.3 is 0 Å². The average Bonchev–Trinajstić information content (AvgIpc) is 3.16. The Kier molecular flexibility index (Phi) is 6.26. The Bertz CT molecular complexity index is 1140. The molecule has 0 spiro atoms. The Morgan fingerprint density at radius 1 is 0.929 bits per heavy atom. The zero-order valence-corrected chi connectivity index (χ0v) is 18.1. The Hall–Kier alpha value is -1.71. The molecule has 0 bridgehead atoms. The van der Waals surface area contributed by atoms with E-state index in [9.17, 15) is 16.8 Å². The summed E-state index contributed by atoms with van der Waals surface area (Å²) in [7, 11) is -7.67. The summed E-state index contributed by atoms with van der Waals surface area (Å²) in [5, 5.41) is 1.15. The first kappa shape index (κ1) is 21.0. The van der Waals surface area contributed by atoms with Gasteiger partial charge in [-0.05, 0) is 54.8 Å². The number of nitrogens with one attached hydrogen (secondary N) is 1. The van der Waals surface area contributed by atoms with Crippen molar-refractivity contribution in [3.8, 4) is 0 Å². The van der Waals surface area contributed by atoms with Crippen LogP contribution in [0.2, 0.25) is 5.02 Å². The zero-order chi connectivity index (χ0) is 20.4. The SMILES string of the molecule is Cc1ccc(S(=O)(=O)[C@H](CNS(=O)(=O)c2ccc(Cl)cc2)c2cccs2)cc1. The topological polar surface area (TPSA) is 80.3 Å². The van der Waals surface area contributed by atoms with E-state index < -0.39 is 25.1 Å². The quantitative estimate of drug-likeness (QED) is 0.578. The highest BCUT2D eigenvalue weighted by Gasteiger charge is 2.31. The predicted octanol–water partition coefficient (Wildman–Crippen LogP) is 4.20. The summed E-state index contributed by atoms with van der Waals surface area (Å²) >= 11 is 7.08. The van der Waals surface area contributed by atoms with Gasteiger partial charge in [0.15, 0.2) is 9.84 Å². The van der Waals surface area contributed by atoms with Gasteiger partial charge in [0.05, 0.1) is 9.79 Å². The standard InChI is InChI=1S/C19H18ClNO4S3/c1-14-4-8-16(9-5-14)27(22,23)19(18-3-2-12-26-18)13-21-28(24,25)17-10-6-15(20)7-11-17/h2-12,19,21H,13H2,1H3/t19-/m1/s1. The van der Waals surface area contributed by atoms with Crippen molar-refractivity contribution in [1.29, 1.82) is 0 Å². The average molecular weight is 456 g/mol. The molecule has 9 heteroatoms. The second-order valence-corrected chi connectivity index (χ2v) is 11.5. The van der Waals surface area contributed by atoms with Crippen LogP contribution >= 0.6 is 22.9 Å². The van der Waals surface area contributed by atoms with Gasteiger partial charge in [-0.15, -0.1) is 11.3 Å². The molecule has 2 aromatic carbocycles. The fourth-order valence-corrected chi connectivity index (χ4v) is 6.68. The molecule has 1 heterocycles. The molecule has 0 aliphatic heterocycles. The molecule has 3 rings (SSSR count). The molecule has 0 radical (unpaired) electrons. The van der Waals surface area contributed by atoms with Gasteiger partial charge in [-0.3, -0.25) is 0 Å². The van der Waals surface area contributed by atoms with E-state index in [-0.39, 0.29) is 16.3 Å². The highest BCUT2D eigenvalue weighted by molar-refractivity contribution is 7.92. The van der Waals surface area contributed by atoms with Crippen LogP contribution in [-0.4, -0.2) is 23.4 Å². The number of sulfonamides is 1. The van der Waals surface area contributed by atoms with E-state index in [2.05, 4.69) is 4.72 Å². The van der Waals surface area contributed by atoms with Crippen LogP contribution < -0.4 is 4.72 Å². The van der Waals surface area contributed by atoms with Crippen molar-refractivity contribution in [2.24, 2.45) is 0 Å². The van der Waals surface area contributed by atoms with E-state index in [0.717, 1.165) is 5.56 Å². The highest BCUT2D eigenvalue weighted by Crippen LogP contribution is 2.32. The lowest BCUT2D eigenvalue weighted by Gasteiger charge is -2.18. The van der Waals surface area contributed by atoms with E-state index >= 15 is 0 Å². The largest absolute Gasteiger partial charge is 0.240 e. The van der Waals surface area contributed by atoms with E-state index in [0.29, 0.717) is 9.90 Å². The van der Waals surface area contributed by atoms with Gasteiger partial charge in [-0.1, -0.05) is 35.4 Å². The number of sulfone groups is 1. The maximum Gasteiger partial charge on any atom is 0.240 e. The fourth-order valence-electron chi connectivity index (χ4n) is 2.61. The minimum Gasteiger partial charge on any atom is -0.223 e. The van der Waals surface area contributed by atoms with Crippen LogP contribution in [0, 0.1) is 6.92 Å². The predicted molar refractivity (Wildman–Crippen MR) is 112 cm³/mol. The third-order valence-corrected chi connectivity index (χ3v) is 9.09.